The van der Waals surface area contributed by atoms with Gasteiger partial charge in [0.1, 0.15) is 0 Å². The van der Waals surface area contributed by atoms with E-state index in [1.165, 1.54) is 104 Å². The van der Waals surface area contributed by atoms with Gasteiger partial charge in [-0.1, -0.05) is 346 Å². The quantitative estimate of drug-likeness (QED) is 0.106. The number of nitrogens with zero attached hydrogens (tertiary/aromatic N) is 2. The fourth-order valence-electron chi connectivity index (χ4n) is 17.9. The second-order valence-corrected chi connectivity index (χ2v) is 27.7. The molecule has 18 aromatic carbocycles. The van der Waals surface area contributed by atoms with E-state index in [1.54, 1.807) is 0 Å². The first-order valence-electron chi connectivity index (χ1n) is 36.1. The van der Waals surface area contributed by atoms with Crippen molar-refractivity contribution < 1.29 is 0 Å². The molecule has 0 fully saturated rings. The molecule has 104 heavy (non-hydrogen) atoms. The molecule has 0 N–H and O–H groups in total. The lowest BCUT2D eigenvalue weighted by Crippen LogP contribution is -2.28. The van der Waals surface area contributed by atoms with Gasteiger partial charge in [0.25, 0.3) is 0 Å². The molecule has 2 nitrogen and oxygen atoms in total. The number of hydrogen-bond acceptors (Lipinski definition) is 2. The molecule has 18 aromatic rings. The summed E-state index contributed by atoms with van der Waals surface area (Å²) in [5.74, 6) is 0. The van der Waals surface area contributed by atoms with Crippen molar-refractivity contribution in [3.05, 3.63) is 457 Å². The molecule has 0 aromatic heterocycles. The summed E-state index contributed by atoms with van der Waals surface area (Å²) >= 11 is 0. The highest BCUT2D eigenvalue weighted by molar-refractivity contribution is 6.17. The van der Waals surface area contributed by atoms with Gasteiger partial charge in [-0.3, -0.25) is 0 Å². The molecule has 2 heteroatoms. The summed E-state index contributed by atoms with van der Waals surface area (Å²) in [6.45, 7) is 0. The molecule has 2 aliphatic rings. The summed E-state index contributed by atoms with van der Waals surface area (Å²) < 4.78 is 0. The van der Waals surface area contributed by atoms with Gasteiger partial charge >= 0.3 is 0 Å². The fourth-order valence-corrected chi connectivity index (χ4v) is 17.9. The Balaban J connectivity index is 0.739. The maximum atomic E-state index is 2.53. The van der Waals surface area contributed by atoms with Gasteiger partial charge in [0.2, 0.25) is 0 Å². The second-order valence-electron chi connectivity index (χ2n) is 27.7. The fraction of sp³-hybridized carbons (Fsp3) is 0.0196. The summed E-state index contributed by atoms with van der Waals surface area (Å²) in [5, 5.41) is 9.56. The average Bonchev–Trinajstić information content (AvgIpc) is 1.54. The molecular weight excluding hydrogens is 1250 g/mol. The molecule has 2 aliphatic carbocycles. The average molecular weight is 1320 g/mol. The minimum absolute atomic E-state index is 0.521. The van der Waals surface area contributed by atoms with Crippen molar-refractivity contribution in [2.24, 2.45) is 0 Å². The zero-order valence-electron chi connectivity index (χ0n) is 57.2. The summed E-state index contributed by atoms with van der Waals surface area (Å²) in [6, 6.07) is 154. The van der Waals surface area contributed by atoms with Crippen LogP contribution in [0.25, 0.3) is 98.7 Å². The third-order valence-electron chi connectivity index (χ3n) is 22.3. The molecule has 0 amide bonds. The first-order valence-corrected chi connectivity index (χ1v) is 36.1. The van der Waals surface area contributed by atoms with Crippen LogP contribution in [0.5, 0.6) is 0 Å². The van der Waals surface area contributed by atoms with E-state index in [9.17, 15) is 0 Å². The van der Waals surface area contributed by atoms with Crippen molar-refractivity contribution in [1.29, 1.82) is 0 Å². The van der Waals surface area contributed by atoms with Gasteiger partial charge in [-0.2, -0.15) is 0 Å². The van der Waals surface area contributed by atoms with Crippen LogP contribution in [-0.2, 0) is 10.8 Å². The van der Waals surface area contributed by atoms with Gasteiger partial charge in [0.15, 0.2) is 0 Å². The molecule has 0 atom stereocenters. The normalized spacial score (nSPS) is 13.0. The van der Waals surface area contributed by atoms with Crippen molar-refractivity contribution in [1.82, 2.24) is 0 Å². The van der Waals surface area contributed by atoms with Crippen LogP contribution >= 0.6 is 0 Å². The van der Waals surface area contributed by atoms with Crippen molar-refractivity contribution in [3.8, 4) is 55.6 Å². The summed E-state index contributed by atoms with van der Waals surface area (Å²) in [7, 11) is 0. The Kier molecular flexibility index (Phi) is 14.4. The molecule has 20 rings (SSSR count). The van der Waals surface area contributed by atoms with Crippen LogP contribution in [0.1, 0.15) is 44.5 Å². The highest BCUT2D eigenvalue weighted by Crippen LogP contribution is 2.60. The Labute approximate surface area is 606 Å². The number of anilines is 6. The van der Waals surface area contributed by atoms with Gasteiger partial charge in [-0.15, -0.1) is 0 Å². The van der Waals surface area contributed by atoms with E-state index < -0.39 is 10.8 Å². The molecule has 486 valence electrons. The van der Waals surface area contributed by atoms with Crippen molar-refractivity contribution in [3.63, 3.8) is 0 Å². The largest absolute Gasteiger partial charge is 0.310 e. The monoisotopic (exact) mass is 1320 g/mol. The highest BCUT2D eigenvalue weighted by atomic mass is 15.2. The lowest BCUT2D eigenvalue weighted by molar-refractivity contribution is 0.768. The molecule has 0 heterocycles. The Bertz CT molecular complexity index is 6280. The minimum atomic E-state index is -0.530. The lowest BCUT2D eigenvalue weighted by Gasteiger charge is -2.34. The topological polar surface area (TPSA) is 6.48 Å². The van der Waals surface area contributed by atoms with Crippen LogP contribution in [0.2, 0.25) is 0 Å². The maximum absolute atomic E-state index is 2.53. The smallest absolute Gasteiger partial charge is 0.0713 e. The molecular formula is C102H68N2. The van der Waals surface area contributed by atoms with Gasteiger partial charge < -0.3 is 9.80 Å². The van der Waals surface area contributed by atoms with Crippen LogP contribution in [0, 0.1) is 0 Å². The second kappa shape index (κ2) is 24.7. The number of benzene rings is 18. The molecule has 0 unspecified atom stereocenters. The van der Waals surface area contributed by atoms with Crippen molar-refractivity contribution in [2.75, 3.05) is 9.80 Å². The SMILES string of the molecule is c1ccc(-c2ccccc2N(c2ccc3c(c2)-c2ccccc2C3(c2ccccc2)c2ccccc2)c2cc3cc(-c4cccc(-c5cccc(N(c6ccc7c(c6)-c6ccccc6C7(c6ccccc6)c6ccccc6)c6cc7ccccc7c7ccccc67)c5)c4)ccc3c3ccccc23)cc1. The Morgan fingerprint density at radius 1 is 0.163 bits per heavy atom. The first-order chi connectivity index (χ1) is 51.6. The Morgan fingerprint density at radius 3 is 1.08 bits per heavy atom. The van der Waals surface area contributed by atoms with Gasteiger partial charge in [-0.05, 0) is 194 Å². The summed E-state index contributed by atoms with van der Waals surface area (Å²) in [4.78, 5) is 5.04. The molecule has 0 saturated heterocycles. The first kappa shape index (κ1) is 60.6. The number of fused-ring (bicyclic) bond motifs is 12. The predicted octanol–water partition coefficient (Wildman–Crippen LogP) is 27.0. The van der Waals surface area contributed by atoms with Crippen LogP contribution in [0.3, 0.4) is 0 Å². The Morgan fingerprint density at radius 2 is 0.529 bits per heavy atom. The van der Waals surface area contributed by atoms with Gasteiger partial charge in [-0.25, -0.2) is 0 Å². The number of hydrogen-bond donors (Lipinski definition) is 0. The molecule has 0 aliphatic heterocycles. The zero-order valence-corrected chi connectivity index (χ0v) is 57.2. The zero-order chi connectivity index (χ0) is 68.7. The lowest BCUT2D eigenvalue weighted by atomic mass is 9.68. The van der Waals surface area contributed by atoms with Crippen LogP contribution in [0.15, 0.2) is 413 Å². The summed E-state index contributed by atoms with van der Waals surface area (Å²) in [5.41, 5.74) is 27.4. The van der Waals surface area contributed by atoms with E-state index in [0.29, 0.717) is 0 Å². The van der Waals surface area contributed by atoms with E-state index in [-0.39, 0.29) is 0 Å². The van der Waals surface area contributed by atoms with Crippen LogP contribution in [-0.4, -0.2) is 0 Å². The van der Waals surface area contributed by atoms with E-state index in [2.05, 4.69) is 422 Å². The van der Waals surface area contributed by atoms with Crippen LogP contribution < -0.4 is 9.80 Å². The van der Waals surface area contributed by atoms with Gasteiger partial charge in [0, 0.05) is 33.4 Å². The minimum Gasteiger partial charge on any atom is -0.310 e. The summed E-state index contributed by atoms with van der Waals surface area (Å²) in [6.07, 6.45) is 0. The number of para-hydroxylation sites is 1. The van der Waals surface area contributed by atoms with E-state index in [4.69, 9.17) is 0 Å². The van der Waals surface area contributed by atoms with E-state index in [1.807, 2.05) is 0 Å². The highest BCUT2D eigenvalue weighted by Gasteiger charge is 2.48. The van der Waals surface area contributed by atoms with E-state index >= 15 is 0 Å². The van der Waals surface area contributed by atoms with Crippen molar-refractivity contribution in [2.45, 2.75) is 10.8 Å². The molecule has 0 saturated carbocycles. The van der Waals surface area contributed by atoms with Crippen LogP contribution in [0.4, 0.5) is 34.1 Å². The predicted molar refractivity (Wildman–Crippen MR) is 437 cm³/mol. The van der Waals surface area contributed by atoms with Gasteiger partial charge in [0.05, 0.1) is 27.9 Å². The molecule has 0 bridgehead atoms. The third kappa shape index (κ3) is 9.49. The standard InChI is InChI=1S/C102H68N2/c1-6-30-69(31-7-1)85-46-24-27-55-98(85)104(82-58-61-97-93(68-82)89-50-23-26-54-95(89)102(97,78-40-12-4-13-41-78)79-42-14-5-15-43-79)100-66-75-63-73(56-59-84(75)87-48-19-21-52-91(87)100)71-34-28-33-70(62-71)72-35-29-44-80(64-72)103(99-65-74-32-16-17-45-83(74)86-47-18-20-51-90(86)99)81-57-60-96-92(67-81)88-49-22-25-53-94(88)101(96,76-36-8-2-9-37-76)77-38-10-3-11-39-77/h1-68H. The molecule has 0 spiro atoms. The maximum Gasteiger partial charge on any atom is 0.0713 e. The molecule has 0 radical (unpaired) electrons. The van der Waals surface area contributed by atoms with Crippen molar-refractivity contribution >= 4 is 77.2 Å². The Hall–Kier alpha value is -13.4. The third-order valence-corrected chi connectivity index (χ3v) is 22.3. The van der Waals surface area contributed by atoms with E-state index in [0.717, 1.165) is 72.9 Å². The number of rotatable bonds is 13.